The second-order valence-corrected chi connectivity index (χ2v) is 8.73. The number of anilines is 1. The van der Waals surface area contributed by atoms with Gasteiger partial charge in [0.15, 0.2) is 0 Å². The van der Waals surface area contributed by atoms with Crippen molar-refractivity contribution in [3.05, 3.63) is 21.3 Å². The Labute approximate surface area is 116 Å². The summed E-state index contributed by atoms with van der Waals surface area (Å²) < 4.78 is 27.2. The third-order valence-corrected chi connectivity index (χ3v) is 7.39. The van der Waals surface area contributed by atoms with E-state index in [4.69, 9.17) is 0 Å². The Balaban J connectivity index is 2.41. The number of halogens is 1. The minimum absolute atomic E-state index is 0.422. The fourth-order valence-electron chi connectivity index (χ4n) is 1.95. The van der Waals surface area contributed by atoms with Gasteiger partial charge in [-0.15, -0.1) is 22.7 Å². The molecular weight excluding hydrogens is 342 g/mol. The highest BCUT2D eigenvalue weighted by atomic mass is 79.9. The van der Waals surface area contributed by atoms with E-state index in [0.717, 1.165) is 19.2 Å². The van der Waals surface area contributed by atoms with E-state index in [1.165, 1.54) is 15.6 Å². The molecule has 17 heavy (non-hydrogen) atoms. The first-order valence-corrected chi connectivity index (χ1v) is 8.88. The smallest absolute Gasteiger partial charge is 0.265 e. The summed E-state index contributed by atoms with van der Waals surface area (Å²) in [6, 6.07) is 3.57. The first-order valence-electron chi connectivity index (χ1n) is 4.95. The van der Waals surface area contributed by atoms with Gasteiger partial charge in [0.05, 0.1) is 19.2 Å². The lowest BCUT2D eigenvalue weighted by Gasteiger charge is -2.26. The maximum Gasteiger partial charge on any atom is 0.265 e. The van der Waals surface area contributed by atoms with Gasteiger partial charge in [0.25, 0.3) is 10.0 Å². The molecule has 0 unspecified atom stereocenters. The highest BCUT2D eigenvalue weighted by Crippen LogP contribution is 2.50. The van der Waals surface area contributed by atoms with Gasteiger partial charge in [-0.3, -0.25) is 4.31 Å². The lowest BCUT2D eigenvalue weighted by molar-refractivity contribution is 0.592. The third kappa shape index (κ3) is 1.53. The van der Waals surface area contributed by atoms with E-state index in [1.807, 2.05) is 18.4 Å². The van der Waals surface area contributed by atoms with Crippen molar-refractivity contribution in [2.24, 2.45) is 0 Å². The Morgan fingerprint density at radius 2 is 2.18 bits per heavy atom. The lowest BCUT2D eigenvalue weighted by atomic mass is 10.3. The van der Waals surface area contributed by atoms with Gasteiger partial charge in [0.2, 0.25) is 0 Å². The van der Waals surface area contributed by atoms with E-state index >= 15 is 0 Å². The molecule has 2 aromatic heterocycles. The predicted molar refractivity (Wildman–Crippen MR) is 75.5 cm³/mol. The number of rotatable bonds is 1. The van der Waals surface area contributed by atoms with Crippen LogP contribution >= 0.6 is 38.6 Å². The van der Waals surface area contributed by atoms with Crippen LogP contribution in [0.5, 0.6) is 0 Å². The molecule has 0 aliphatic carbocycles. The van der Waals surface area contributed by atoms with Gasteiger partial charge in [-0.1, -0.05) is 0 Å². The molecule has 0 fully saturated rings. The van der Waals surface area contributed by atoms with E-state index in [0.29, 0.717) is 11.4 Å². The van der Waals surface area contributed by atoms with E-state index in [-0.39, 0.29) is 0 Å². The highest BCUT2D eigenvalue weighted by Gasteiger charge is 2.36. The largest absolute Gasteiger partial charge is 0.265 e. The Bertz CT molecular complexity index is 686. The molecule has 0 aromatic carbocycles. The van der Waals surface area contributed by atoms with Gasteiger partial charge in [-0.05, 0) is 40.4 Å². The fraction of sp³-hybridized carbons (Fsp3) is 0.200. The molecule has 0 spiro atoms. The monoisotopic (exact) mass is 349 g/mol. The number of nitrogens with zero attached hydrogens (tertiary/aromatic N) is 1. The molecule has 2 aromatic rings. The van der Waals surface area contributed by atoms with Gasteiger partial charge in [0, 0.05) is 6.54 Å². The number of thiophene rings is 2. The number of sulfonamides is 1. The molecule has 90 valence electrons. The molecule has 3 heterocycles. The van der Waals surface area contributed by atoms with Crippen molar-refractivity contribution in [3.8, 4) is 9.75 Å². The van der Waals surface area contributed by atoms with Crippen LogP contribution in [0.1, 0.15) is 6.92 Å². The van der Waals surface area contributed by atoms with E-state index in [9.17, 15) is 8.42 Å². The Morgan fingerprint density at radius 3 is 2.88 bits per heavy atom. The third-order valence-electron chi connectivity index (χ3n) is 2.64. The van der Waals surface area contributed by atoms with Crippen LogP contribution in [0.4, 0.5) is 5.69 Å². The van der Waals surface area contributed by atoms with Crippen molar-refractivity contribution < 1.29 is 8.42 Å². The summed E-state index contributed by atoms with van der Waals surface area (Å²) in [5.41, 5.74) is 0.805. The van der Waals surface area contributed by atoms with Crippen LogP contribution in [0, 0.1) is 0 Å². The molecule has 3 nitrogen and oxygen atoms in total. The van der Waals surface area contributed by atoms with Gasteiger partial charge < -0.3 is 0 Å². The minimum atomic E-state index is -3.37. The fourth-order valence-corrected chi connectivity index (χ4v) is 6.90. The van der Waals surface area contributed by atoms with Crippen LogP contribution in [-0.4, -0.2) is 15.0 Å². The van der Waals surface area contributed by atoms with Crippen molar-refractivity contribution in [1.82, 2.24) is 0 Å². The summed E-state index contributed by atoms with van der Waals surface area (Å²) in [6.45, 7) is 2.31. The molecule has 1 aliphatic rings. The number of fused-ring (bicyclic) bond motifs is 3. The standard InChI is InChI=1S/C10H8BrNO2S3/c1-2-12-6-3-4-15-9(6)10-7(17(12,13)14)5-8(11)16-10/h3-5H,2H2,1H3. The zero-order chi connectivity index (χ0) is 12.2. The maximum atomic E-state index is 12.4. The summed E-state index contributed by atoms with van der Waals surface area (Å²) in [4.78, 5) is 2.32. The highest BCUT2D eigenvalue weighted by molar-refractivity contribution is 9.11. The molecule has 0 N–H and O–H groups in total. The molecule has 0 saturated carbocycles. The van der Waals surface area contributed by atoms with Crippen molar-refractivity contribution in [3.63, 3.8) is 0 Å². The average molecular weight is 350 g/mol. The number of hydrogen-bond acceptors (Lipinski definition) is 4. The summed E-state index contributed by atoms with van der Waals surface area (Å²) in [6.07, 6.45) is 0. The van der Waals surface area contributed by atoms with Crippen molar-refractivity contribution >= 4 is 54.3 Å². The summed E-state index contributed by atoms with van der Waals surface area (Å²) in [5.74, 6) is 0. The molecule has 3 rings (SSSR count). The molecule has 7 heteroatoms. The van der Waals surface area contributed by atoms with E-state index < -0.39 is 10.0 Å². The molecular formula is C10H8BrNO2S3. The van der Waals surface area contributed by atoms with Crippen LogP contribution in [-0.2, 0) is 10.0 Å². The van der Waals surface area contributed by atoms with Crippen LogP contribution in [0.15, 0.2) is 26.2 Å². The summed E-state index contributed by atoms with van der Waals surface area (Å²) >= 11 is 6.42. The maximum absolute atomic E-state index is 12.4. The molecule has 0 amide bonds. The quantitative estimate of drug-likeness (QED) is 0.785. The topological polar surface area (TPSA) is 37.4 Å². The number of hydrogen-bond donors (Lipinski definition) is 0. The first-order chi connectivity index (χ1) is 8.05. The zero-order valence-electron chi connectivity index (χ0n) is 8.81. The molecule has 0 radical (unpaired) electrons. The predicted octanol–water partition coefficient (Wildman–Crippen LogP) is 3.77. The Hall–Kier alpha value is -0.370. The van der Waals surface area contributed by atoms with Crippen LogP contribution in [0.2, 0.25) is 0 Å². The molecule has 0 bridgehead atoms. The summed E-state index contributed by atoms with van der Waals surface area (Å²) in [7, 11) is -3.37. The molecule has 1 aliphatic heterocycles. The first kappa shape index (κ1) is 11.7. The van der Waals surface area contributed by atoms with Crippen LogP contribution < -0.4 is 4.31 Å². The second-order valence-electron chi connectivity index (χ2n) is 3.55. The second kappa shape index (κ2) is 3.81. The Morgan fingerprint density at radius 1 is 1.41 bits per heavy atom. The van der Waals surface area contributed by atoms with Crippen LogP contribution in [0.3, 0.4) is 0 Å². The lowest BCUT2D eigenvalue weighted by Crippen LogP contribution is -2.32. The van der Waals surface area contributed by atoms with Crippen molar-refractivity contribution in [2.45, 2.75) is 11.8 Å². The molecule has 0 atom stereocenters. The zero-order valence-corrected chi connectivity index (χ0v) is 12.8. The Kier molecular flexibility index (Phi) is 2.62. The average Bonchev–Trinajstić information content (AvgIpc) is 2.84. The van der Waals surface area contributed by atoms with Crippen LogP contribution in [0.25, 0.3) is 9.75 Å². The van der Waals surface area contributed by atoms with Gasteiger partial charge >= 0.3 is 0 Å². The SMILES string of the molecule is CCN1c2ccsc2-c2sc(Br)cc2S1(=O)=O. The van der Waals surface area contributed by atoms with Gasteiger partial charge in [-0.2, -0.15) is 0 Å². The van der Waals surface area contributed by atoms with E-state index in [2.05, 4.69) is 15.9 Å². The van der Waals surface area contributed by atoms with Crippen molar-refractivity contribution in [2.75, 3.05) is 10.8 Å². The van der Waals surface area contributed by atoms with E-state index in [1.54, 1.807) is 17.4 Å². The van der Waals surface area contributed by atoms with Crippen molar-refractivity contribution in [1.29, 1.82) is 0 Å². The van der Waals surface area contributed by atoms with Gasteiger partial charge in [-0.25, -0.2) is 8.42 Å². The minimum Gasteiger partial charge on any atom is -0.265 e. The molecule has 0 saturated heterocycles. The normalized spacial score (nSPS) is 16.7. The summed E-state index contributed by atoms with van der Waals surface area (Å²) in [5, 5.41) is 1.94. The van der Waals surface area contributed by atoms with Gasteiger partial charge in [0.1, 0.15) is 4.90 Å².